The van der Waals surface area contributed by atoms with Gasteiger partial charge in [-0.05, 0) is 49.1 Å². The van der Waals surface area contributed by atoms with Crippen LogP contribution in [0.15, 0.2) is 27.4 Å². The van der Waals surface area contributed by atoms with E-state index in [9.17, 15) is 18.8 Å². The number of hydrogen-bond acceptors (Lipinski definition) is 4. The fourth-order valence-corrected chi connectivity index (χ4v) is 3.47. The molecular formula is C21H23FN2O4. The lowest BCUT2D eigenvalue weighted by atomic mass is 10.00. The Labute approximate surface area is 162 Å². The quantitative estimate of drug-likeness (QED) is 0.809. The van der Waals surface area contributed by atoms with E-state index in [0.29, 0.717) is 29.0 Å². The van der Waals surface area contributed by atoms with Crippen LogP contribution in [0.5, 0.6) is 0 Å². The van der Waals surface area contributed by atoms with Gasteiger partial charge in [-0.1, -0.05) is 20.3 Å². The van der Waals surface area contributed by atoms with Gasteiger partial charge in [0.15, 0.2) is 0 Å². The van der Waals surface area contributed by atoms with Crippen molar-refractivity contribution in [2.24, 2.45) is 0 Å². The summed E-state index contributed by atoms with van der Waals surface area (Å²) in [5, 5.41) is 5.21. The molecule has 0 radical (unpaired) electrons. The zero-order valence-corrected chi connectivity index (χ0v) is 16.1. The normalized spacial score (nSPS) is 14.2. The Morgan fingerprint density at radius 2 is 2.04 bits per heavy atom. The molecule has 0 bridgehead atoms. The molecule has 2 aromatic rings. The highest BCUT2D eigenvalue weighted by Crippen LogP contribution is 2.32. The Kier molecular flexibility index (Phi) is 5.63. The van der Waals surface area contributed by atoms with Gasteiger partial charge in [0, 0.05) is 12.3 Å². The standard InChI is InChI=1S/C21H23FN2O4/c1-4-5-11(2)16-8-12(3)18(21(27)28-16)20(26)23-15-10-14(22)9-13-6-7-17(25)24-19(13)15/h8-11H,4-7H2,1-3H3,(H,23,26)(H,24,25). The minimum atomic E-state index is -0.732. The average molecular weight is 386 g/mol. The molecule has 0 fully saturated rings. The van der Waals surface area contributed by atoms with Crippen molar-refractivity contribution in [3.63, 3.8) is 0 Å². The maximum atomic E-state index is 13.9. The van der Waals surface area contributed by atoms with Crippen LogP contribution in [0.25, 0.3) is 0 Å². The van der Waals surface area contributed by atoms with Gasteiger partial charge in [0.1, 0.15) is 17.1 Å². The van der Waals surface area contributed by atoms with Crippen molar-refractivity contribution in [1.82, 2.24) is 0 Å². The number of hydrogen-bond donors (Lipinski definition) is 2. The van der Waals surface area contributed by atoms with Gasteiger partial charge >= 0.3 is 5.63 Å². The van der Waals surface area contributed by atoms with E-state index < -0.39 is 17.3 Å². The lowest BCUT2D eigenvalue weighted by Crippen LogP contribution is -2.26. The van der Waals surface area contributed by atoms with Crippen molar-refractivity contribution < 1.29 is 18.4 Å². The fraction of sp³-hybridized carbons (Fsp3) is 0.381. The molecule has 0 spiro atoms. The molecule has 7 heteroatoms. The Morgan fingerprint density at radius 1 is 1.29 bits per heavy atom. The number of halogens is 1. The molecule has 1 aliphatic heterocycles. The number of fused-ring (bicyclic) bond motifs is 1. The van der Waals surface area contributed by atoms with E-state index >= 15 is 0 Å². The zero-order valence-electron chi connectivity index (χ0n) is 16.1. The first kappa shape index (κ1) is 19.8. The molecule has 2 amide bonds. The Bertz CT molecular complexity index is 997. The number of anilines is 2. The monoisotopic (exact) mass is 386 g/mol. The first-order chi connectivity index (χ1) is 13.3. The number of nitrogens with one attached hydrogen (secondary N) is 2. The predicted molar refractivity (Wildman–Crippen MR) is 104 cm³/mol. The van der Waals surface area contributed by atoms with E-state index in [1.165, 1.54) is 6.07 Å². The SMILES string of the molecule is CCCC(C)c1cc(C)c(C(=O)Nc2cc(F)cc3c2NC(=O)CC3)c(=O)o1. The molecule has 1 aromatic carbocycles. The minimum absolute atomic E-state index is 0.0685. The van der Waals surface area contributed by atoms with E-state index in [4.69, 9.17) is 4.42 Å². The van der Waals surface area contributed by atoms with Crippen LogP contribution in [0.4, 0.5) is 15.8 Å². The maximum absolute atomic E-state index is 13.9. The number of carbonyl (C=O) groups excluding carboxylic acids is 2. The molecule has 2 heterocycles. The summed E-state index contributed by atoms with van der Waals surface area (Å²) in [5.74, 6) is -0.832. The summed E-state index contributed by atoms with van der Waals surface area (Å²) in [6.45, 7) is 5.67. The molecule has 148 valence electrons. The van der Waals surface area contributed by atoms with Crippen LogP contribution in [0.2, 0.25) is 0 Å². The third-order valence-electron chi connectivity index (χ3n) is 4.92. The van der Waals surface area contributed by atoms with Crippen LogP contribution in [-0.2, 0) is 11.2 Å². The number of aryl methyl sites for hydroxylation is 2. The molecular weight excluding hydrogens is 363 g/mol. The predicted octanol–water partition coefficient (Wildman–Crippen LogP) is 4.13. The Morgan fingerprint density at radius 3 is 2.71 bits per heavy atom. The molecule has 28 heavy (non-hydrogen) atoms. The van der Waals surface area contributed by atoms with Crippen molar-refractivity contribution in [3.8, 4) is 0 Å². The van der Waals surface area contributed by atoms with E-state index in [1.807, 2.05) is 13.8 Å². The summed E-state index contributed by atoms with van der Waals surface area (Å²) in [5.41, 5.74) is 0.706. The van der Waals surface area contributed by atoms with Crippen LogP contribution in [0.3, 0.4) is 0 Å². The van der Waals surface area contributed by atoms with Crippen molar-refractivity contribution in [2.45, 2.75) is 52.4 Å². The number of amides is 2. The van der Waals surface area contributed by atoms with E-state index in [1.54, 1.807) is 13.0 Å². The van der Waals surface area contributed by atoms with E-state index in [0.717, 1.165) is 18.9 Å². The highest BCUT2D eigenvalue weighted by Gasteiger charge is 2.23. The van der Waals surface area contributed by atoms with Gasteiger partial charge < -0.3 is 15.1 Å². The van der Waals surface area contributed by atoms with Gasteiger partial charge in [-0.25, -0.2) is 9.18 Å². The molecule has 0 saturated carbocycles. The minimum Gasteiger partial charge on any atom is -0.427 e. The van der Waals surface area contributed by atoms with Crippen molar-refractivity contribution in [1.29, 1.82) is 0 Å². The average Bonchev–Trinajstić information content (AvgIpc) is 2.61. The number of rotatable bonds is 5. The second-order valence-electron chi connectivity index (χ2n) is 7.17. The van der Waals surface area contributed by atoms with Gasteiger partial charge in [0.2, 0.25) is 5.91 Å². The summed E-state index contributed by atoms with van der Waals surface area (Å²) in [7, 11) is 0. The second-order valence-corrected chi connectivity index (χ2v) is 7.17. The summed E-state index contributed by atoms with van der Waals surface area (Å²) in [6, 6.07) is 4.14. The van der Waals surface area contributed by atoms with Crippen LogP contribution in [0.1, 0.15) is 66.3 Å². The summed E-state index contributed by atoms with van der Waals surface area (Å²) in [4.78, 5) is 36.9. The second kappa shape index (κ2) is 7.96. The van der Waals surface area contributed by atoms with Gasteiger partial charge in [-0.2, -0.15) is 0 Å². The van der Waals surface area contributed by atoms with Gasteiger partial charge in [0.05, 0.1) is 11.4 Å². The van der Waals surface area contributed by atoms with Crippen molar-refractivity contribution >= 4 is 23.2 Å². The van der Waals surface area contributed by atoms with Crippen LogP contribution in [0, 0.1) is 12.7 Å². The molecule has 1 unspecified atom stereocenters. The Balaban J connectivity index is 1.93. The van der Waals surface area contributed by atoms with E-state index in [2.05, 4.69) is 10.6 Å². The van der Waals surface area contributed by atoms with E-state index in [-0.39, 0.29) is 29.5 Å². The topological polar surface area (TPSA) is 88.4 Å². The lowest BCUT2D eigenvalue weighted by molar-refractivity contribution is -0.116. The molecule has 1 atom stereocenters. The van der Waals surface area contributed by atoms with Crippen LogP contribution < -0.4 is 16.3 Å². The van der Waals surface area contributed by atoms with Gasteiger partial charge in [0.25, 0.3) is 5.91 Å². The summed E-state index contributed by atoms with van der Waals surface area (Å²) >= 11 is 0. The number of benzene rings is 1. The highest BCUT2D eigenvalue weighted by atomic mass is 19.1. The van der Waals surface area contributed by atoms with Crippen LogP contribution >= 0.6 is 0 Å². The largest absolute Gasteiger partial charge is 0.427 e. The highest BCUT2D eigenvalue weighted by molar-refractivity contribution is 6.08. The molecule has 0 aliphatic carbocycles. The van der Waals surface area contributed by atoms with Gasteiger partial charge in [-0.15, -0.1) is 0 Å². The molecule has 0 saturated heterocycles. The maximum Gasteiger partial charge on any atom is 0.349 e. The van der Waals surface area contributed by atoms with Crippen molar-refractivity contribution in [2.75, 3.05) is 10.6 Å². The van der Waals surface area contributed by atoms with Crippen LogP contribution in [-0.4, -0.2) is 11.8 Å². The molecule has 2 N–H and O–H groups in total. The molecule has 1 aromatic heterocycles. The lowest BCUT2D eigenvalue weighted by Gasteiger charge is -2.21. The Hall–Kier alpha value is -2.96. The molecule has 3 rings (SSSR count). The first-order valence-corrected chi connectivity index (χ1v) is 9.38. The fourth-order valence-electron chi connectivity index (χ4n) is 3.47. The molecule has 6 nitrogen and oxygen atoms in total. The van der Waals surface area contributed by atoms with Crippen molar-refractivity contribution in [3.05, 3.63) is 56.9 Å². The zero-order chi connectivity index (χ0) is 20.4. The molecule has 1 aliphatic rings. The smallest absolute Gasteiger partial charge is 0.349 e. The summed E-state index contributed by atoms with van der Waals surface area (Å²) < 4.78 is 19.3. The third kappa shape index (κ3) is 3.98. The van der Waals surface area contributed by atoms with Gasteiger partial charge in [-0.3, -0.25) is 9.59 Å². The first-order valence-electron chi connectivity index (χ1n) is 9.38. The third-order valence-corrected chi connectivity index (χ3v) is 4.92. The summed E-state index contributed by atoms with van der Waals surface area (Å²) in [6.07, 6.45) is 2.45. The number of carbonyl (C=O) groups is 2.